The quantitative estimate of drug-likeness (QED) is 0.670. The van der Waals surface area contributed by atoms with Gasteiger partial charge in [-0.3, -0.25) is 9.52 Å². The highest BCUT2D eigenvalue weighted by molar-refractivity contribution is 9.10. The number of carbonyl (C=O) groups is 1. The zero-order valence-corrected chi connectivity index (χ0v) is 15.3. The number of halogens is 1. The first-order valence-electron chi connectivity index (χ1n) is 7.02. The second kappa shape index (κ2) is 5.61. The van der Waals surface area contributed by atoms with Crippen molar-refractivity contribution in [3.63, 3.8) is 0 Å². The highest BCUT2D eigenvalue weighted by Crippen LogP contribution is 2.42. The fourth-order valence-electron chi connectivity index (χ4n) is 2.72. The molecule has 0 bridgehead atoms. The maximum absolute atomic E-state index is 12.8. The Labute approximate surface area is 151 Å². The summed E-state index contributed by atoms with van der Waals surface area (Å²) in [5.74, 6) is 0. The van der Waals surface area contributed by atoms with E-state index in [1.807, 2.05) is 0 Å². The molecular weight excluding hydrogens is 410 g/mol. The van der Waals surface area contributed by atoms with Crippen LogP contribution in [0.4, 0.5) is 5.69 Å². The van der Waals surface area contributed by atoms with Crippen LogP contribution >= 0.6 is 27.7 Å². The second-order valence-electron chi connectivity index (χ2n) is 5.29. The Morgan fingerprint density at radius 1 is 0.958 bits per heavy atom. The van der Waals surface area contributed by atoms with Gasteiger partial charge < -0.3 is 0 Å². The Bertz CT molecular complexity index is 1090. The summed E-state index contributed by atoms with van der Waals surface area (Å²) in [6.45, 7) is 0. The van der Waals surface area contributed by atoms with Gasteiger partial charge in [0.2, 0.25) is 5.12 Å². The zero-order chi connectivity index (χ0) is 16.9. The van der Waals surface area contributed by atoms with Gasteiger partial charge in [0, 0.05) is 31.4 Å². The van der Waals surface area contributed by atoms with Gasteiger partial charge in [-0.1, -0.05) is 28.1 Å². The third-order valence-electron chi connectivity index (χ3n) is 3.77. The van der Waals surface area contributed by atoms with Gasteiger partial charge in [0.05, 0.1) is 4.90 Å². The largest absolute Gasteiger partial charge is 0.281 e. The molecule has 0 saturated carbocycles. The van der Waals surface area contributed by atoms with Crippen LogP contribution in [0, 0.1) is 0 Å². The second-order valence-corrected chi connectivity index (χ2v) is 8.87. The van der Waals surface area contributed by atoms with E-state index in [-0.39, 0.29) is 10.0 Å². The van der Waals surface area contributed by atoms with E-state index in [1.165, 1.54) is 0 Å². The predicted molar refractivity (Wildman–Crippen MR) is 99.1 cm³/mol. The smallest absolute Gasteiger partial charge is 0.262 e. The number of hydrogen-bond acceptors (Lipinski definition) is 4. The SMILES string of the molecule is O=C1Sc2ccc(S(=O)(=O)Nc3ccc(Br)cc3)c3cccc1c23. The number of nitrogens with one attached hydrogen (secondary N) is 1. The fraction of sp³-hybridized carbons (Fsp3) is 0. The van der Waals surface area contributed by atoms with Gasteiger partial charge in [0.1, 0.15) is 0 Å². The first-order chi connectivity index (χ1) is 11.5. The summed E-state index contributed by atoms with van der Waals surface area (Å²) in [5.41, 5.74) is 1.04. The van der Waals surface area contributed by atoms with Crippen molar-refractivity contribution >= 4 is 59.3 Å². The average molecular weight is 420 g/mol. The third-order valence-corrected chi connectivity index (χ3v) is 6.70. The Morgan fingerprint density at radius 3 is 2.46 bits per heavy atom. The molecule has 0 spiro atoms. The molecule has 0 saturated heterocycles. The van der Waals surface area contributed by atoms with E-state index in [1.54, 1.807) is 54.6 Å². The molecule has 3 aromatic rings. The number of benzene rings is 3. The summed E-state index contributed by atoms with van der Waals surface area (Å²) in [7, 11) is -3.76. The Hall–Kier alpha value is -1.83. The molecule has 3 aromatic carbocycles. The van der Waals surface area contributed by atoms with Gasteiger partial charge in [-0.25, -0.2) is 8.42 Å². The van der Waals surface area contributed by atoms with Crippen molar-refractivity contribution in [2.75, 3.05) is 4.72 Å². The highest BCUT2D eigenvalue weighted by Gasteiger charge is 2.27. The standard InChI is InChI=1S/C17H10BrNO3S2/c18-10-4-6-11(7-5-10)19-24(21,22)15-9-8-14-16-12(15)2-1-3-13(16)17(20)23-14/h1-9,19H. The summed E-state index contributed by atoms with van der Waals surface area (Å²) in [6, 6.07) is 15.3. The lowest BCUT2D eigenvalue weighted by molar-refractivity contribution is 0.109. The predicted octanol–water partition coefficient (Wildman–Crippen LogP) is 4.65. The Balaban J connectivity index is 1.86. The van der Waals surface area contributed by atoms with E-state index in [2.05, 4.69) is 20.7 Å². The molecule has 0 radical (unpaired) electrons. The lowest BCUT2D eigenvalue weighted by atomic mass is 10.1. The van der Waals surface area contributed by atoms with E-state index in [0.29, 0.717) is 22.0 Å². The van der Waals surface area contributed by atoms with Crippen LogP contribution in [0.1, 0.15) is 10.4 Å². The van der Waals surface area contributed by atoms with Gasteiger partial charge in [-0.2, -0.15) is 0 Å². The Kier molecular flexibility index (Phi) is 3.67. The topological polar surface area (TPSA) is 63.2 Å². The summed E-state index contributed by atoms with van der Waals surface area (Å²) >= 11 is 4.45. The normalized spacial score (nSPS) is 13.5. The van der Waals surface area contributed by atoms with Crippen molar-refractivity contribution in [2.24, 2.45) is 0 Å². The van der Waals surface area contributed by atoms with Crippen LogP contribution in [0.3, 0.4) is 0 Å². The molecule has 4 nitrogen and oxygen atoms in total. The lowest BCUT2D eigenvalue weighted by Crippen LogP contribution is -2.13. The first kappa shape index (κ1) is 15.7. The highest BCUT2D eigenvalue weighted by atomic mass is 79.9. The fourth-order valence-corrected chi connectivity index (χ4v) is 5.19. The van der Waals surface area contributed by atoms with Crippen molar-refractivity contribution in [3.05, 3.63) is 64.6 Å². The molecule has 1 aliphatic rings. The number of rotatable bonds is 3. The van der Waals surface area contributed by atoms with Gasteiger partial charge in [-0.05, 0) is 54.2 Å². The molecule has 0 amide bonds. The van der Waals surface area contributed by atoms with Crippen LogP contribution in [0.2, 0.25) is 0 Å². The summed E-state index contributed by atoms with van der Waals surface area (Å²) < 4.78 is 29.1. The number of hydrogen-bond donors (Lipinski definition) is 1. The minimum Gasteiger partial charge on any atom is -0.281 e. The molecule has 1 heterocycles. The van der Waals surface area contributed by atoms with Crippen LogP contribution in [-0.4, -0.2) is 13.5 Å². The van der Waals surface area contributed by atoms with Crippen LogP contribution < -0.4 is 4.72 Å². The summed E-state index contributed by atoms with van der Waals surface area (Å²) in [6.07, 6.45) is 0. The molecule has 120 valence electrons. The van der Waals surface area contributed by atoms with Crippen molar-refractivity contribution < 1.29 is 13.2 Å². The molecule has 1 aliphatic heterocycles. The molecule has 0 atom stereocenters. The van der Waals surface area contributed by atoms with Crippen molar-refractivity contribution in [1.29, 1.82) is 0 Å². The number of sulfonamides is 1. The van der Waals surface area contributed by atoms with E-state index in [0.717, 1.165) is 21.1 Å². The van der Waals surface area contributed by atoms with Crippen LogP contribution in [0.25, 0.3) is 10.8 Å². The number of carbonyl (C=O) groups excluding carboxylic acids is 1. The molecule has 1 N–H and O–H groups in total. The molecule has 0 aliphatic carbocycles. The van der Waals surface area contributed by atoms with E-state index in [9.17, 15) is 13.2 Å². The van der Waals surface area contributed by atoms with Crippen LogP contribution in [0.15, 0.2) is 68.9 Å². The van der Waals surface area contributed by atoms with Gasteiger partial charge >= 0.3 is 0 Å². The van der Waals surface area contributed by atoms with Crippen molar-refractivity contribution in [3.8, 4) is 0 Å². The van der Waals surface area contributed by atoms with Gasteiger partial charge in [0.15, 0.2) is 0 Å². The van der Waals surface area contributed by atoms with Crippen molar-refractivity contribution in [2.45, 2.75) is 9.79 Å². The zero-order valence-electron chi connectivity index (χ0n) is 12.1. The third kappa shape index (κ3) is 2.53. The van der Waals surface area contributed by atoms with Gasteiger partial charge in [0.25, 0.3) is 10.0 Å². The molecule has 0 unspecified atom stereocenters. The Morgan fingerprint density at radius 2 is 1.71 bits per heavy atom. The minimum absolute atomic E-state index is 0.0500. The lowest BCUT2D eigenvalue weighted by Gasteiger charge is -2.11. The molecule has 4 rings (SSSR count). The molecule has 7 heteroatoms. The van der Waals surface area contributed by atoms with Gasteiger partial charge in [-0.15, -0.1) is 0 Å². The minimum atomic E-state index is -3.76. The van der Waals surface area contributed by atoms with E-state index in [4.69, 9.17) is 0 Å². The molecule has 24 heavy (non-hydrogen) atoms. The maximum atomic E-state index is 12.8. The molecular formula is C17H10BrNO3S2. The monoisotopic (exact) mass is 419 g/mol. The maximum Gasteiger partial charge on any atom is 0.262 e. The number of thioether (sulfide) groups is 1. The van der Waals surface area contributed by atoms with Crippen LogP contribution in [-0.2, 0) is 10.0 Å². The van der Waals surface area contributed by atoms with E-state index < -0.39 is 10.0 Å². The van der Waals surface area contributed by atoms with Crippen molar-refractivity contribution in [1.82, 2.24) is 0 Å². The number of anilines is 1. The summed E-state index contributed by atoms with van der Waals surface area (Å²) in [5, 5.41) is 1.23. The first-order valence-corrected chi connectivity index (χ1v) is 10.1. The molecule has 0 fully saturated rings. The average Bonchev–Trinajstić information content (AvgIpc) is 2.88. The van der Waals surface area contributed by atoms with Crippen LogP contribution in [0.5, 0.6) is 0 Å². The van der Waals surface area contributed by atoms with E-state index >= 15 is 0 Å². The summed E-state index contributed by atoms with van der Waals surface area (Å²) in [4.78, 5) is 13.0. The molecule has 0 aromatic heterocycles.